The summed E-state index contributed by atoms with van der Waals surface area (Å²) < 4.78 is 27.9. The molecule has 0 spiro atoms. The van der Waals surface area contributed by atoms with E-state index in [0.29, 0.717) is 5.03 Å². The predicted molar refractivity (Wildman–Crippen MR) is 105 cm³/mol. The summed E-state index contributed by atoms with van der Waals surface area (Å²) in [6.45, 7) is 3.84. The molecule has 6 heteroatoms. The Morgan fingerprint density at radius 2 is 1.67 bits per heavy atom. The summed E-state index contributed by atoms with van der Waals surface area (Å²) in [6, 6.07) is 15.8. The van der Waals surface area contributed by atoms with Crippen molar-refractivity contribution >= 4 is 16.3 Å². The molecule has 3 aromatic heterocycles. The molecule has 0 aliphatic heterocycles. The van der Waals surface area contributed by atoms with Gasteiger partial charge in [-0.1, -0.05) is 19.9 Å². The van der Waals surface area contributed by atoms with Crippen LogP contribution in [0.3, 0.4) is 0 Å². The van der Waals surface area contributed by atoms with E-state index in [4.69, 9.17) is 5.10 Å². The van der Waals surface area contributed by atoms with Crippen molar-refractivity contribution in [3.63, 3.8) is 0 Å². The normalized spacial score (nSPS) is 12.6. The topological polar surface area (TPSA) is 47.3 Å². The Kier molecular flexibility index (Phi) is 4.58. The minimum Gasteiger partial charge on any atom is -0.265 e. The maximum absolute atomic E-state index is 13.4. The van der Waals surface area contributed by atoms with Crippen molar-refractivity contribution in [1.82, 2.24) is 14.6 Å². The van der Waals surface area contributed by atoms with E-state index in [1.54, 1.807) is 29.0 Å². The van der Waals surface area contributed by atoms with Crippen molar-refractivity contribution in [2.75, 3.05) is 0 Å². The first-order chi connectivity index (χ1) is 13.1. The highest BCUT2D eigenvalue weighted by atomic mass is 32.2. The number of hydrogen-bond donors (Lipinski definition) is 0. The van der Waals surface area contributed by atoms with E-state index < -0.39 is 10.8 Å². The summed E-state index contributed by atoms with van der Waals surface area (Å²) in [5.74, 6) is -0.297. The van der Waals surface area contributed by atoms with Gasteiger partial charge in [-0.3, -0.25) is 9.19 Å². The molecule has 0 aliphatic rings. The van der Waals surface area contributed by atoms with Crippen LogP contribution >= 0.6 is 0 Å². The lowest BCUT2D eigenvalue weighted by Gasteiger charge is -2.08. The van der Waals surface area contributed by atoms with E-state index in [1.165, 1.54) is 12.1 Å². The fourth-order valence-electron chi connectivity index (χ4n) is 3.05. The van der Waals surface area contributed by atoms with Crippen LogP contribution in [0.2, 0.25) is 0 Å². The molecule has 0 fully saturated rings. The van der Waals surface area contributed by atoms with E-state index >= 15 is 0 Å². The van der Waals surface area contributed by atoms with E-state index in [-0.39, 0.29) is 11.1 Å². The fraction of sp³-hybridized carbons (Fsp3) is 0.143. The molecule has 136 valence electrons. The highest BCUT2D eigenvalue weighted by Crippen LogP contribution is 2.36. The maximum Gasteiger partial charge on any atom is 0.129 e. The molecule has 0 amide bonds. The lowest BCUT2D eigenvalue weighted by molar-refractivity contribution is 0.628. The maximum atomic E-state index is 13.4. The molecule has 0 saturated carbocycles. The summed E-state index contributed by atoms with van der Waals surface area (Å²) >= 11 is 0. The van der Waals surface area contributed by atoms with Crippen LogP contribution in [0.15, 0.2) is 72.0 Å². The number of halogens is 1. The number of hydrogen-bond acceptors (Lipinski definition) is 3. The van der Waals surface area contributed by atoms with Gasteiger partial charge in [0.25, 0.3) is 0 Å². The zero-order chi connectivity index (χ0) is 19.0. The minimum atomic E-state index is -1.19. The third-order valence-electron chi connectivity index (χ3n) is 4.34. The SMILES string of the molecule is CC(C)S(=O)c1cccc2c(-c3ccncc3)c(-c3ccc(F)cc3)nn12. The molecular formula is C21H18FN3OS. The van der Waals surface area contributed by atoms with Crippen molar-refractivity contribution < 1.29 is 8.60 Å². The van der Waals surface area contributed by atoms with Crippen molar-refractivity contribution in [1.29, 1.82) is 0 Å². The average Bonchev–Trinajstić information content (AvgIpc) is 3.08. The Hall–Kier alpha value is -2.86. The Bertz CT molecular complexity index is 1120. The molecule has 1 aromatic carbocycles. The van der Waals surface area contributed by atoms with Crippen LogP contribution in [-0.4, -0.2) is 24.1 Å². The highest BCUT2D eigenvalue weighted by Gasteiger charge is 2.20. The minimum absolute atomic E-state index is 0.0292. The van der Waals surface area contributed by atoms with E-state index in [2.05, 4.69) is 4.98 Å². The molecule has 1 atom stereocenters. The van der Waals surface area contributed by atoms with Gasteiger partial charge in [0, 0.05) is 28.8 Å². The van der Waals surface area contributed by atoms with Gasteiger partial charge < -0.3 is 0 Å². The number of fused-ring (bicyclic) bond motifs is 1. The van der Waals surface area contributed by atoms with Crippen LogP contribution < -0.4 is 0 Å². The van der Waals surface area contributed by atoms with Crippen LogP contribution in [0.1, 0.15) is 13.8 Å². The predicted octanol–water partition coefficient (Wildman–Crippen LogP) is 4.72. The molecule has 1 unspecified atom stereocenters. The molecule has 0 radical (unpaired) electrons. The zero-order valence-corrected chi connectivity index (χ0v) is 15.8. The van der Waals surface area contributed by atoms with Gasteiger partial charge in [0.15, 0.2) is 0 Å². The van der Waals surface area contributed by atoms with Gasteiger partial charge in [0.05, 0.1) is 16.3 Å². The number of benzene rings is 1. The first kappa shape index (κ1) is 17.5. The third-order valence-corrected chi connectivity index (χ3v) is 5.92. The smallest absolute Gasteiger partial charge is 0.129 e. The third kappa shape index (κ3) is 3.17. The molecule has 0 saturated heterocycles. The van der Waals surface area contributed by atoms with Crippen LogP contribution in [0.25, 0.3) is 27.9 Å². The second kappa shape index (κ2) is 7.04. The molecule has 0 N–H and O–H groups in total. The zero-order valence-electron chi connectivity index (χ0n) is 15.0. The fourth-order valence-corrected chi connectivity index (χ4v) is 4.06. The summed E-state index contributed by atoms with van der Waals surface area (Å²) in [6.07, 6.45) is 3.45. The van der Waals surface area contributed by atoms with Crippen LogP contribution in [-0.2, 0) is 10.8 Å². The standard InChI is InChI=1S/C21H18FN3OS/c1-14(2)27(26)19-5-3-4-18-20(15-10-12-23-13-11-15)21(24-25(18)19)16-6-8-17(22)9-7-16/h3-14H,1-2H3. The highest BCUT2D eigenvalue weighted by molar-refractivity contribution is 7.85. The molecule has 27 heavy (non-hydrogen) atoms. The largest absolute Gasteiger partial charge is 0.265 e. The second-order valence-corrected chi connectivity index (χ2v) is 8.43. The van der Waals surface area contributed by atoms with E-state index in [0.717, 1.165) is 27.9 Å². The van der Waals surface area contributed by atoms with Gasteiger partial charge in [-0.15, -0.1) is 0 Å². The molecule has 0 aliphatic carbocycles. The van der Waals surface area contributed by atoms with Crippen molar-refractivity contribution in [2.45, 2.75) is 24.1 Å². The van der Waals surface area contributed by atoms with Crippen LogP contribution in [0.5, 0.6) is 0 Å². The number of aromatic nitrogens is 3. The molecule has 0 bridgehead atoms. The van der Waals surface area contributed by atoms with Crippen molar-refractivity contribution in [2.24, 2.45) is 0 Å². The Morgan fingerprint density at radius 1 is 0.963 bits per heavy atom. The van der Waals surface area contributed by atoms with Gasteiger partial charge in [-0.05, 0) is 54.1 Å². The molecule has 4 aromatic rings. The molecule has 4 rings (SSSR count). The van der Waals surface area contributed by atoms with E-state index in [9.17, 15) is 8.60 Å². The van der Waals surface area contributed by atoms with Gasteiger partial charge in [0.2, 0.25) is 0 Å². The number of rotatable bonds is 4. The Balaban J connectivity index is 2.05. The Labute approximate surface area is 159 Å². The van der Waals surface area contributed by atoms with E-state index in [1.807, 2.05) is 44.2 Å². The number of pyridine rings is 2. The average molecular weight is 379 g/mol. The lowest BCUT2D eigenvalue weighted by Crippen LogP contribution is -2.10. The van der Waals surface area contributed by atoms with Gasteiger partial charge in [0.1, 0.15) is 16.5 Å². The van der Waals surface area contributed by atoms with Crippen molar-refractivity contribution in [3.05, 3.63) is 72.8 Å². The van der Waals surface area contributed by atoms with Crippen LogP contribution in [0, 0.1) is 5.82 Å². The van der Waals surface area contributed by atoms with Gasteiger partial charge in [-0.2, -0.15) is 5.10 Å². The van der Waals surface area contributed by atoms with Crippen LogP contribution in [0.4, 0.5) is 4.39 Å². The summed E-state index contributed by atoms with van der Waals surface area (Å²) in [5, 5.41) is 5.39. The van der Waals surface area contributed by atoms with Crippen molar-refractivity contribution in [3.8, 4) is 22.4 Å². The summed E-state index contributed by atoms with van der Waals surface area (Å²) in [4.78, 5) is 4.09. The Morgan fingerprint density at radius 3 is 2.33 bits per heavy atom. The van der Waals surface area contributed by atoms with Gasteiger partial charge >= 0.3 is 0 Å². The second-order valence-electron chi connectivity index (χ2n) is 6.47. The first-order valence-corrected chi connectivity index (χ1v) is 9.86. The van der Waals surface area contributed by atoms with Gasteiger partial charge in [-0.25, -0.2) is 8.91 Å². The lowest BCUT2D eigenvalue weighted by atomic mass is 10.0. The molecule has 3 heterocycles. The molecule has 4 nitrogen and oxygen atoms in total. The summed E-state index contributed by atoms with van der Waals surface area (Å²) in [7, 11) is -1.19. The monoisotopic (exact) mass is 379 g/mol. The summed E-state index contributed by atoms with van der Waals surface area (Å²) in [5.41, 5.74) is 4.23. The number of nitrogens with zero attached hydrogens (tertiary/aromatic N) is 3. The molecular weight excluding hydrogens is 361 g/mol. The quantitative estimate of drug-likeness (QED) is 0.515. The first-order valence-electron chi connectivity index (χ1n) is 8.65.